The zero-order valence-corrected chi connectivity index (χ0v) is 17.4. The van der Waals surface area contributed by atoms with Crippen molar-refractivity contribution in [2.75, 3.05) is 7.05 Å². The molecule has 0 fully saturated rings. The third-order valence-corrected chi connectivity index (χ3v) is 5.31. The van der Waals surface area contributed by atoms with E-state index in [9.17, 15) is 9.59 Å². The minimum absolute atomic E-state index is 0.0852. The predicted octanol–water partition coefficient (Wildman–Crippen LogP) is 4.17. The minimum Gasteiger partial charge on any atom is -0.340 e. The maximum Gasteiger partial charge on any atom is 0.253 e. The fourth-order valence-corrected chi connectivity index (χ4v) is 3.72. The summed E-state index contributed by atoms with van der Waals surface area (Å²) in [7, 11) is 1.70. The van der Waals surface area contributed by atoms with Crippen LogP contribution >= 0.6 is 34.5 Å². The standard InChI is InChI=1S/C18H21Cl2N3O2S/c1-10(2)16(18(25)23(4)8-15-21-11(3)9-26-15)22-17(24)13-6-5-12(19)7-14(13)20/h5-7,9-10,16H,8H2,1-4H3,(H,22,24). The van der Waals surface area contributed by atoms with E-state index in [1.165, 1.54) is 17.4 Å². The van der Waals surface area contributed by atoms with E-state index in [1.807, 2.05) is 26.2 Å². The monoisotopic (exact) mass is 413 g/mol. The molecule has 1 N–H and O–H groups in total. The summed E-state index contributed by atoms with van der Waals surface area (Å²) in [5.41, 5.74) is 1.21. The van der Waals surface area contributed by atoms with Gasteiger partial charge in [0.05, 0.1) is 17.1 Å². The van der Waals surface area contributed by atoms with E-state index >= 15 is 0 Å². The van der Waals surface area contributed by atoms with Gasteiger partial charge >= 0.3 is 0 Å². The summed E-state index contributed by atoms with van der Waals surface area (Å²) in [4.78, 5) is 31.3. The number of benzene rings is 1. The average molecular weight is 414 g/mol. The summed E-state index contributed by atoms with van der Waals surface area (Å²) in [6.45, 7) is 6.08. The first kappa shape index (κ1) is 20.7. The van der Waals surface area contributed by atoms with E-state index in [1.54, 1.807) is 24.1 Å². The molecule has 0 aliphatic carbocycles. The Morgan fingerprint density at radius 1 is 1.31 bits per heavy atom. The van der Waals surface area contributed by atoms with Crippen molar-refractivity contribution in [1.82, 2.24) is 15.2 Å². The highest BCUT2D eigenvalue weighted by molar-refractivity contribution is 7.09. The number of hydrogen-bond acceptors (Lipinski definition) is 4. The van der Waals surface area contributed by atoms with Crippen LogP contribution in [0, 0.1) is 12.8 Å². The number of halogens is 2. The van der Waals surface area contributed by atoms with Crippen molar-refractivity contribution in [3.05, 3.63) is 49.9 Å². The molecule has 26 heavy (non-hydrogen) atoms. The smallest absolute Gasteiger partial charge is 0.253 e. The number of likely N-dealkylation sites (N-methyl/N-ethyl adjacent to an activating group) is 1. The Morgan fingerprint density at radius 2 is 2.00 bits per heavy atom. The van der Waals surface area contributed by atoms with E-state index in [-0.39, 0.29) is 22.4 Å². The van der Waals surface area contributed by atoms with Crippen LogP contribution in [0.5, 0.6) is 0 Å². The van der Waals surface area contributed by atoms with Gasteiger partial charge in [-0.25, -0.2) is 4.98 Å². The van der Waals surface area contributed by atoms with E-state index in [4.69, 9.17) is 23.2 Å². The van der Waals surface area contributed by atoms with Crippen LogP contribution in [0.1, 0.15) is 34.9 Å². The molecule has 0 bridgehead atoms. The number of carbonyl (C=O) groups is 2. The molecular formula is C18H21Cl2N3O2S. The summed E-state index contributed by atoms with van der Waals surface area (Å²) >= 11 is 13.5. The SMILES string of the molecule is Cc1csc(CN(C)C(=O)C(NC(=O)c2ccc(Cl)cc2Cl)C(C)C)n1. The molecule has 2 aromatic rings. The Hall–Kier alpha value is -1.63. The highest BCUT2D eigenvalue weighted by Crippen LogP contribution is 2.21. The first-order chi connectivity index (χ1) is 12.2. The fourth-order valence-electron chi connectivity index (χ4n) is 2.40. The van der Waals surface area contributed by atoms with Crippen LogP contribution < -0.4 is 5.32 Å². The number of carbonyl (C=O) groups excluding carboxylic acids is 2. The molecule has 1 aromatic heterocycles. The molecule has 0 aliphatic rings. The Morgan fingerprint density at radius 3 is 2.54 bits per heavy atom. The summed E-state index contributed by atoms with van der Waals surface area (Å²) in [6.07, 6.45) is 0. The first-order valence-electron chi connectivity index (χ1n) is 8.11. The van der Waals surface area contributed by atoms with E-state index in [2.05, 4.69) is 10.3 Å². The molecule has 2 rings (SSSR count). The van der Waals surface area contributed by atoms with E-state index < -0.39 is 11.9 Å². The molecule has 0 aliphatic heterocycles. The van der Waals surface area contributed by atoms with Gasteiger partial charge in [0.2, 0.25) is 5.91 Å². The van der Waals surface area contributed by atoms with Crippen LogP contribution in [0.3, 0.4) is 0 Å². The second-order valence-electron chi connectivity index (χ2n) is 6.40. The number of amides is 2. The molecule has 0 saturated carbocycles. The molecule has 8 heteroatoms. The largest absolute Gasteiger partial charge is 0.340 e. The summed E-state index contributed by atoms with van der Waals surface area (Å²) in [6, 6.07) is 3.97. The third kappa shape index (κ3) is 5.19. The van der Waals surface area contributed by atoms with Gasteiger partial charge in [-0.05, 0) is 31.0 Å². The van der Waals surface area contributed by atoms with Crippen LogP contribution in [0.4, 0.5) is 0 Å². The van der Waals surface area contributed by atoms with Gasteiger partial charge in [0.15, 0.2) is 0 Å². The Kier molecular flexibility index (Phi) is 7.03. The van der Waals surface area contributed by atoms with Crippen molar-refractivity contribution in [2.24, 2.45) is 5.92 Å². The van der Waals surface area contributed by atoms with Crippen molar-refractivity contribution in [2.45, 2.75) is 33.4 Å². The van der Waals surface area contributed by atoms with Gasteiger partial charge in [-0.3, -0.25) is 9.59 Å². The van der Waals surface area contributed by atoms with Crippen LogP contribution in [0.25, 0.3) is 0 Å². The van der Waals surface area contributed by atoms with Gasteiger partial charge in [0, 0.05) is 23.1 Å². The number of aryl methyl sites for hydroxylation is 1. The maximum absolute atomic E-state index is 12.8. The van der Waals surface area contributed by atoms with Crippen LogP contribution in [0.2, 0.25) is 10.0 Å². The van der Waals surface area contributed by atoms with Crippen molar-refractivity contribution in [3.8, 4) is 0 Å². The summed E-state index contributed by atoms with van der Waals surface area (Å²) in [5.74, 6) is -0.665. The van der Waals surface area contributed by atoms with E-state index in [0.717, 1.165) is 10.7 Å². The van der Waals surface area contributed by atoms with Crippen molar-refractivity contribution < 1.29 is 9.59 Å². The summed E-state index contributed by atoms with van der Waals surface area (Å²) in [5, 5.41) is 6.28. The number of aromatic nitrogens is 1. The second kappa shape index (κ2) is 8.84. The lowest BCUT2D eigenvalue weighted by atomic mass is 10.0. The molecule has 1 heterocycles. The number of rotatable bonds is 6. The predicted molar refractivity (Wildman–Crippen MR) is 106 cm³/mol. The summed E-state index contributed by atoms with van der Waals surface area (Å²) < 4.78 is 0. The minimum atomic E-state index is -0.666. The highest BCUT2D eigenvalue weighted by atomic mass is 35.5. The van der Waals surface area contributed by atoms with Gasteiger partial charge in [-0.1, -0.05) is 37.0 Å². The Labute approximate surface area is 167 Å². The molecule has 140 valence electrons. The molecule has 5 nitrogen and oxygen atoms in total. The number of nitrogens with zero attached hydrogens (tertiary/aromatic N) is 2. The lowest BCUT2D eigenvalue weighted by molar-refractivity contribution is -0.133. The Bertz CT molecular complexity index is 807. The molecule has 1 unspecified atom stereocenters. The van der Waals surface area contributed by atoms with Gasteiger partial charge in [-0.15, -0.1) is 11.3 Å². The molecule has 0 saturated heterocycles. The highest BCUT2D eigenvalue weighted by Gasteiger charge is 2.28. The number of nitrogens with one attached hydrogen (secondary N) is 1. The number of hydrogen-bond donors (Lipinski definition) is 1. The average Bonchev–Trinajstić information content (AvgIpc) is 2.96. The molecule has 2 amide bonds. The van der Waals surface area contributed by atoms with Crippen molar-refractivity contribution >= 4 is 46.4 Å². The molecule has 0 radical (unpaired) electrons. The van der Waals surface area contributed by atoms with Crippen LogP contribution in [-0.2, 0) is 11.3 Å². The third-order valence-electron chi connectivity index (χ3n) is 3.81. The van der Waals surface area contributed by atoms with Gasteiger partial charge in [0.25, 0.3) is 5.91 Å². The van der Waals surface area contributed by atoms with E-state index in [0.29, 0.717) is 11.6 Å². The molecule has 1 atom stereocenters. The zero-order chi connectivity index (χ0) is 19.4. The lowest BCUT2D eigenvalue weighted by Gasteiger charge is -2.26. The van der Waals surface area contributed by atoms with Gasteiger partial charge in [0.1, 0.15) is 11.0 Å². The topological polar surface area (TPSA) is 62.3 Å². The molecule has 1 aromatic carbocycles. The Balaban J connectivity index is 2.11. The first-order valence-corrected chi connectivity index (χ1v) is 9.74. The van der Waals surface area contributed by atoms with Crippen LogP contribution in [0.15, 0.2) is 23.6 Å². The lowest BCUT2D eigenvalue weighted by Crippen LogP contribution is -2.50. The normalized spacial score (nSPS) is 12.1. The van der Waals surface area contributed by atoms with Crippen LogP contribution in [-0.4, -0.2) is 34.8 Å². The van der Waals surface area contributed by atoms with Gasteiger partial charge in [-0.2, -0.15) is 0 Å². The molecule has 0 spiro atoms. The molecular weight excluding hydrogens is 393 g/mol. The fraction of sp³-hybridized carbons (Fsp3) is 0.389. The maximum atomic E-state index is 12.8. The number of thiazole rings is 1. The van der Waals surface area contributed by atoms with Crippen molar-refractivity contribution in [1.29, 1.82) is 0 Å². The zero-order valence-electron chi connectivity index (χ0n) is 15.0. The van der Waals surface area contributed by atoms with Crippen molar-refractivity contribution in [3.63, 3.8) is 0 Å². The van der Waals surface area contributed by atoms with Gasteiger partial charge < -0.3 is 10.2 Å². The quantitative estimate of drug-likeness (QED) is 0.772. The second-order valence-corrected chi connectivity index (χ2v) is 8.18.